The number of nitrogens with one attached hydrogen (secondary N) is 1. The van der Waals surface area contributed by atoms with Crippen LogP contribution in [0.5, 0.6) is 0 Å². The Morgan fingerprint density at radius 1 is 1.52 bits per heavy atom. The predicted molar refractivity (Wildman–Crippen MR) is 84.2 cm³/mol. The Labute approximate surface area is 136 Å². The first-order chi connectivity index (χ1) is 9.60. The Morgan fingerprint density at radius 2 is 2.10 bits per heavy atom. The fourth-order valence-corrected chi connectivity index (χ4v) is 3.73. The number of sulfonamides is 1. The summed E-state index contributed by atoms with van der Waals surface area (Å²) >= 11 is 8.79. The molecule has 1 aromatic carbocycles. The highest BCUT2D eigenvalue weighted by molar-refractivity contribution is 9.10. The van der Waals surface area contributed by atoms with Crippen molar-refractivity contribution in [3.8, 4) is 0 Å². The summed E-state index contributed by atoms with van der Waals surface area (Å²) in [7, 11) is -4.18. The number of nitrogens with two attached hydrogens (primary N) is 1. The molecule has 0 spiro atoms. The van der Waals surface area contributed by atoms with Gasteiger partial charge in [-0.15, -0.1) is 0 Å². The van der Waals surface area contributed by atoms with Gasteiger partial charge in [0.25, 0.3) is 0 Å². The van der Waals surface area contributed by atoms with E-state index in [1.807, 2.05) is 13.8 Å². The molecule has 0 heterocycles. The van der Waals surface area contributed by atoms with E-state index in [0.29, 0.717) is 6.42 Å². The van der Waals surface area contributed by atoms with Crippen LogP contribution >= 0.6 is 27.5 Å². The first kappa shape index (κ1) is 18.6. The second-order valence-electron chi connectivity index (χ2n) is 5.03. The van der Waals surface area contributed by atoms with Crippen molar-refractivity contribution >= 4 is 43.2 Å². The zero-order valence-corrected chi connectivity index (χ0v) is 14.7. The molecule has 0 fully saturated rings. The fraction of sp³-hybridized carbons (Fsp3) is 0.500. The van der Waals surface area contributed by atoms with E-state index in [1.54, 1.807) is 0 Å². The van der Waals surface area contributed by atoms with Crippen LogP contribution in [-0.2, 0) is 10.0 Å². The van der Waals surface area contributed by atoms with Gasteiger partial charge in [0.05, 0.1) is 21.8 Å². The largest absolute Gasteiger partial charge is 0.395 e. The fourth-order valence-electron chi connectivity index (χ4n) is 1.81. The summed E-state index contributed by atoms with van der Waals surface area (Å²) in [6.07, 6.45) is 0.414. The third-order valence-corrected chi connectivity index (χ3v) is 5.64. The minimum absolute atomic E-state index is 0.0151. The second kappa shape index (κ2) is 7.23. The maximum Gasteiger partial charge on any atom is 0.243 e. The number of rotatable bonds is 6. The van der Waals surface area contributed by atoms with Crippen LogP contribution in [0, 0.1) is 11.7 Å². The molecular formula is C12H17BrClFN2O3S. The number of halogens is 3. The summed E-state index contributed by atoms with van der Waals surface area (Å²) in [5, 5.41) is 9.21. The van der Waals surface area contributed by atoms with E-state index in [-0.39, 0.29) is 21.1 Å². The smallest absolute Gasteiger partial charge is 0.243 e. The van der Waals surface area contributed by atoms with E-state index in [4.69, 9.17) is 17.3 Å². The number of nitrogen functional groups attached to an aromatic ring is 1. The Bertz CT molecular complexity index is 625. The van der Waals surface area contributed by atoms with E-state index >= 15 is 0 Å². The van der Waals surface area contributed by atoms with Crippen molar-refractivity contribution < 1.29 is 17.9 Å². The monoisotopic (exact) mass is 402 g/mol. The average Bonchev–Trinajstić information content (AvgIpc) is 2.38. The molecule has 0 radical (unpaired) electrons. The van der Waals surface area contributed by atoms with Crippen molar-refractivity contribution in [2.45, 2.75) is 31.2 Å². The van der Waals surface area contributed by atoms with Crippen molar-refractivity contribution in [3.63, 3.8) is 0 Å². The van der Waals surface area contributed by atoms with Crippen LogP contribution in [0.25, 0.3) is 0 Å². The summed E-state index contributed by atoms with van der Waals surface area (Å²) < 4.78 is 40.9. The Kier molecular flexibility index (Phi) is 6.42. The SMILES string of the molecule is CC(C)CC(CO)NS(=O)(=O)c1cc(Cl)c(Br)c(N)c1F. The topological polar surface area (TPSA) is 92.4 Å². The lowest BCUT2D eigenvalue weighted by molar-refractivity contribution is 0.240. The molecule has 21 heavy (non-hydrogen) atoms. The standard InChI is InChI=1S/C12H17BrClFN2O3S/c1-6(2)3-7(5-18)17-21(19,20)9-4-8(14)10(13)12(16)11(9)15/h4,6-7,17-18H,3,5,16H2,1-2H3. The molecule has 4 N–H and O–H groups in total. The first-order valence-corrected chi connectivity index (χ1v) is 8.81. The summed E-state index contributed by atoms with van der Waals surface area (Å²) in [5.74, 6) is -0.923. The van der Waals surface area contributed by atoms with Gasteiger partial charge in [0.15, 0.2) is 5.82 Å². The molecule has 1 atom stereocenters. The average molecular weight is 404 g/mol. The van der Waals surface area contributed by atoms with E-state index in [9.17, 15) is 17.9 Å². The Balaban J connectivity index is 3.20. The molecule has 0 aliphatic carbocycles. The Morgan fingerprint density at radius 3 is 2.57 bits per heavy atom. The van der Waals surface area contributed by atoms with E-state index in [2.05, 4.69) is 20.7 Å². The highest BCUT2D eigenvalue weighted by Gasteiger charge is 2.26. The molecule has 0 amide bonds. The van der Waals surface area contributed by atoms with Crippen LogP contribution in [0.2, 0.25) is 5.02 Å². The number of aliphatic hydroxyl groups is 1. The van der Waals surface area contributed by atoms with Gasteiger partial charge in [-0.3, -0.25) is 0 Å². The first-order valence-electron chi connectivity index (χ1n) is 6.16. The van der Waals surface area contributed by atoms with Gasteiger partial charge in [0, 0.05) is 6.04 Å². The molecule has 1 rings (SSSR count). The lowest BCUT2D eigenvalue weighted by Crippen LogP contribution is -2.38. The summed E-state index contributed by atoms with van der Waals surface area (Å²) in [6, 6.07) is 0.266. The Hall–Kier alpha value is -0.410. The lowest BCUT2D eigenvalue weighted by Gasteiger charge is -2.19. The van der Waals surface area contributed by atoms with Gasteiger partial charge in [-0.2, -0.15) is 0 Å². The molecule has 9 heteroatoms. The van der Waals surface area contributed by atoms with Crippen molar-refractivity contribution in [2.75, 3.05) is 12.3 Å². The highest BCUT2D eigenvalue weighted by atomic mass is 79.9. The van der Waals surface area contributed by atoms with Gasteiger partial charge < -0.3 is 10.8 Å². The van der Waals surface area contributed by atoms with Crippen molar-refractivity contribution in [2.24, 2.45) is 5.92 Å². The van der Waals surface area contributed by atoms with Crippen LogP contribution in [0.1, 0.15) is 20.3 Å². The highest BCUT2D eigenvalue weighted by Crippen LogP contribution is 2.34. The number of benzene rings is 1. The van der Waals surface area contributed by atoms with Crippen molar-refractivity contribution in [3.05, 3.63) is 21.4 Å². The zero-order chi connectivity index (χ0) is 16.4. The van der Waals surface area contributed by atoms with E-state index in [0.717, 1.165) is 6.07 Å². The quantitative estimate of drug-likeness (QED) is 0.502. The lowest BCUT2D eigenvalue weighted by atomic mass is 10.1. The van der Waals surface area contributed by atoms with Crippen LogP contribution in [0.4, 0.5) is 10.1 Å². The molecule has 0 aliphatic heterocycles. The minimum Gasteiger partial charge on any atom is -0.395 e. The van der Waals surface area contributed by atoms with E-state index < -0.39 is 33.4 Å². The summed E-state index contributed by atoms with van der Waals surface area (Å²) in [4.78, 5) is -0.643. The number of aliphatic hydroxyl groups excluding tert-OH is 1. The number of anilines is 1. The van der Waals surface area contributed by atoms with Crippen LogP contribution in [0.3, 0.4) is 0 Å². The van der Waals surface area contributed by atoms with Gasteiger partial charge in [0.1, 0.15) is 4.90 Å². The predicted octanol–water partition coefficient (Wildman–Crippen LogP) is 2.51. The van der Waals surface area contributed by atoms with Gasteiger partial charge in [-0.1, -0.05) is 25.4 Å². The third-order valence-electron chi connectivity index (χ3n) is 2.74. The minimum atomic E-state index is -4.18. The molecule has 0 aromatic heterocycles. The van der Waals surface area contributed by atoms with Gasteiger partial charge in [-0.05, 0) is 34.3 Å². The molecular weight excluding hydrogens is 387 g/mol. The summed E-state index contributed by atoms with van der Waals surface area (Å²) in [6.45, 7) is 3.37. The number of hydrogen-bond donors (Lipinski definition) is 3. The molecule has 1 unspecified atom stereocenters. The summed E-state index contributed by atoms with van der Waals surface area (Å²) in [5.41, 5.74) is 5.09. The molecule has 5 nitrogen and oxygen atoms in total. The van der Waals surface area contributed by atoms with Gasteiger partial charge in [-0.25, -0.2) is 17.5 Å². The normalized spacial score (nSPS) is 13.7. The molecule has 120 valence electrons. The molecule has 0 saturated heterocycles. The van der Waals surface area contributed by atoms with Crippen molar-refractivity contribution in [1.29, 1.82) is 0 Å². The molecule has 0 aliphatic rings. The molecule has 0 bridgehead atoms. The van der Waals surface area contributed by atoms with Gasteiger partial charge in [0.2, 0.25) is 10.0 Å². The zero-order valence-electron chi connectivity index (χ0n) is 11.5. The maximum atomic E-state index is 14.1. The van der Waals surface area contributed by atoms with Crippen molar-refractivity contribution in [1.82, 2.24) is 4.72 Å². The van der Waals surface area contributed by atoms with Crippen LogP contribution in [-0.4, -0.2) is 26.2 Å². The number of hydrogen-bond acceptors (Lipinski definition) is 4. The van der Waals surface area contributed by atoms with Crippen LogP contribution in [0.15, 0.2) is 15.4 Å². The molecule has 0 saturated carbocycles. The second-order valence-corrected chi connectivity index (χ2v) is 7.91. The third kappa shape index (κ3) is 4.53. The van der Waals surface area contributed by atoms with E-state index in [1.165, 1.54) is 0 Å². The van der Waals surface area contributed by atoms with Crippen LogP contribution < -0.4 is 10.5 Å². The molecule has 1 aromatic rings. The van der Waals surface area contributed by atoms with Gasteiger partial charge >= 0.3 is 0 Å². The maximum absolute atomic E-state index is 14.1.